The second-order valence-corrected chi connectivity index (χ2v) is 3.90. The molecule has 0 heterocycles. The van der Waals surface area contributed by atoms with Crippen LogP contribution < -0.4 is 5.73 Å². The van der Waals surface area contributed by atoms with E-state index in [9.17, 15) is 0 Å². The maximum Gasteiger partial charge on any atom is 0.0266 e. The quantitative estimate of drug-likeness (QED) is 0.725. The molecule has 1 nitrogen and oxygen atoms in total. The normalized spacial score (nSPS) is 13.1. The molecular weight excluding hydrogens is 170 g/mol. The van der Waals surface area contributed by atoms with Crippen LogP contribution in [0, 0.1) is 6.92 Å². The van der Waals surface area contributed by atoms with Crippen LogP contribution in [0.2, 0.25) is 0 Å². The molecule has 0 aliphatic carbocycles. The number of hydrogen-bond acceptors (Lipinski definition) is 1. The smallest absolute Gasteiger partial charge is 0.0266 e. The lowest BCUT2D eigenvalue weighted by Gasteiger charge is -2.07. The number of benzene rings is 2. The Labute approximate surface area is 84.5 Å². The van der Waals surface area contributed by atoms with Gasteiger partial charge in [-0.05, 0) is 36.2 Å². The van der Waals surface area contributed by atoms with Crippen LogP contribution in [0.4, 0.5) is 0 Å². The molecule has 72 valence electrons. The van der Waals surface area contributed by atoms with E-state index in [2.05, 4.69) is 43.3 Å². The minimum Gasteiger partial charge on any atom is -0.324 e. The standard InChI is InChI=1S/C13H15N/c1-9-3-4-13-8-11(10(2)14)5-6-12(13)7-9/h3-8,10H,14H2,1-2H3. The Morgan fingerprint density at radius 1 is 1.00 bits per heavy atom. The zero-order valence-corrected chi connectivity index (χ0v) is 8.62. The fraction of sp³-hybridized carbons (Fsp3) is 0.231. The van der Waals surface area contributed by atoms with Gasteiger partial charge in [-0.25, -0.2) is 0 Å². The van der Waals surface area contributed by atoms with Crippen molar-refractivity contribution in [3.05, 3.63) is 47.5 Å². The topological polar surface area (TPSA) is 26.0 Å². The van der Waals surface area contributed by atoms with E-state index in [-0.39, 0.29) is 6.04 Å². The summed E-state index contributed by atoms with van der Waals surface area (Å²) in [5, 5.41) is 2.56. The van der Waals surface area contributed by atoms with E-state index < -0.39 is 0 Å². The molecule has 0 fully saturated rings. The zero-order chi connectivity index (χ0) is 10.1. The van der Waals surface area contributed by atoms with E-state index >= 15 is 0 Å². The Hall–Kier alpha value is -1.34. The highest BCUT2D eigenvalue weighted by atomic mass is 14.6. The first-order chi connectivity index (χ1) is 6.66. The summed E-state index contributed by atoms with van der Waals surface area (Å²) in [5.74, 6) is 0. The molecule has 1 atom stereocenters. The first kappa shape index (κ1) is 9.22. The zero-order valence-electron chi connectivity index (χ0n) is 8.62. The molecule has 2 aromatic rings. The molecule has 2 rings (SSSR count). The molecule has 2 aromatic carbocycles. The van der Waals surface area contributed by atoms with Crippen LogP contribution in [0.1, 0.15) is 24.1 Å². The van der Waals surface area contributed by atoms with Crippen molar-refractivity contribution in [1.29, 1.82) is 0 Å². The third-order valence-electron chi connectivity index (χ3n) is 2.55. The van der Waals surface area contributed by atoms with Gasteiger partial charge in [-0.3, -0.25) is 0 Å². The Balaban J connectivity index is 2.62. The van der Waals surface area contributed by atoms with Gasteiger partial charge >= 0.3 is 0 Å². The molecule has 0 saturated carbocycles. The predicted octanol–water partition coefficient (Wildman–Crippen LogP) is 3.17. The van der Waals surface area contributed by atoms with Crippen LogP contribution >= 0.6 is 0 Å². The first-order valence-electron chi connectivity index (χ1n) is 4.93. The van der Waals surface area contributed by atoms with Crippen molar-refractivity contribution in [3.63, 3.8) is 0 Å². The fourth-order valence-corrected chi connectivity index (χ4v) is 1.67. The predicted molar refractivity (Wildman–Crippen MR) is 61.3 cm³/mol. The van der Waals surface area contributed by atoms with Crippen molar-refractivity contribution in [1.82, 2.24) is 0 Å². The van der Waals surface area contributed by atoms with Crippen LogP contribution in [0.15, 0.2) is 36.4 Å². The Morgan fingerprint density at radius 3 is 2.36 bits per heavy atom. The summed E-state index contributed by atoms with van der Waals surface area (Å²) < 4.78 is 0. The highest BCUT2D eigenvalue weighted by Gasteiger charge is 2.00. The van der Waals surface area contributed by atoms with Gasteiger partial charge in [0.2, 0.25) is 0 Å². The summed E-state index contributed by atoms with van der Waals surface area (Å²) in [4.78, 5) is 0. The Morgan fingerprint density at radius 2 is 1.64 bits per heavy atom. The minimum atomic E-state index is 0.112. The van der Waals surface area contributed by atoms with Gasteiger partial charge in [-0.2, -0.15) is 0 Å². The number of nitrogens with two attached hydrogens (primary N) is 1. The lowest BCUT2D eigenvalue weighted by molar-refractivity contribution is 0.820. The Kier molecular flexibility index (Phi) is 2.26. The average Bonchev–Trinajstić information content (AvgIpc) is 2.16. The number of hydrogen-bond donors (Lipinski definition) is 1. The Bertz CT molecular complexity index is 458. The van der Waals surface area contributed by atoms with Gasteiger partial charge in [0.1, 0.15) is 0 Å². The van der Waals surface area contributed by atoms with E-state index in [4.69, 9.17) is 5.73 Å². The van der Waals surface area contributed by atoms with Crippen LogP contribution in [0.3, 0.4) is 0 Å². The maximum absolute atomic E-state index is 5.83. The van der Waals surface area contributed by atoms with Gasteiger partial charge in [-0.1, -0.05) is 35.9 Å². The van der Waals surface area contributed by atoms with Gasteiger partial charge in [0.05, 0.1) is 0 Å². The SMILES string of the molecule is Cc1ccc2cc(C(C)N)ccc2c1. The van der Waals surface area contributed by atoms with Gasteiger partial charge in [0.25, 0.3) is 0 Å². The summed E-state index contributed by atoms with van der Waals surface area (Å²) in [6.45, 7) is 4.12. The number of fused-ring (bicyclic) bond motifs is 1. The van der Waals surface area contributed by atoms with Crippen molar-refractivity contribution < 1.29 is 0 Å². The highest BCUT2D eigenvalue weighted by Crippen LogP contribution is 2.20. The summed E-state index contributed by atoms with van der Waals surface area (Å²) >= 11 is 0. The molecule has 1 heteroatoms. The van der Waals surface area contributed by atoms with Crippen LogP contribution in [-0.2, 0) is 0 Å². The number of aryl methyl sites for hydroxylation is 1. The maximum atomic E-state index is 5.83. The molecule has 14 heavy (non-hydrogen) atoms. The van der Waals surface area contributed by atoms with Crippen LogP contribution in [0.5, 0.6) is 0 Å². The lowest BCUT2D eigenvalue weighted by atomic mass is 10.0. The van der Waals surface area contributed by atoms with Gasteiger partial charge in [0.15, 0.2) is 0 Å². The molecule has 0 aliphatic heterocycles. The third-order valence-corrected chi connectivity index (χ3v) is 2.55. The largest absolute Gasteiger partial charge is 0.324 e. The first-order valence-corrected chi connectivity index (χ1v) is 4.93. The summed E-state index contributed by atoms with van der Waals surface area (Å²) in [6, 6.07) is 13.0. The second-order valence-electron chi connectivity index (χ2n) is 3.90. The molecule has 1 unspecified atom stereocenters. The van der Waals surface area contributed by atoms with Gasteiger partial charge in [-0.15, -0.1) is 0 Å². The van der Waals surface area contributed by atoms with Crippen LogP contribution in [0.25, 0.3) is 10.8 Å². The molecule has 0 bridgehead atoms. The van der Waals surface area contributed by atoms with Crippen molar-refractivity contribution in [2.45, 2.75) is 19.9 Å². The molecule has 0 saturated heterocycles. The van der Waals surface area contributed by atoms with Crippen molar-refractivity contribution in [2.24, 2.45) is 5.73 Å². The van der Waals surface area contributed by atoms with E-state index in [1.807, 2.05) is 6.92 Å². The van der Waals surface area contributed by atoms with Gasteiger partial charge < -0.3 is 5.73 Å². The van der Waals surface area contributed by atoms with Crippen LogP contribution in [-0.4, -0.2) is 0 Å². The van der Waals surface area contributed by atoms with E-state index in [1.165, 1.54) is 21.9 Å². The van der Waals surface area contributed by atoms with Crippen molar-refractivity contribution in [2.75, 3.05) is 0 Å². The summed E-state index contributed by atoms with van der Waals surface area (Å²) in [6.07, 6.45) is 0. The fourth-order valence-electron chi connectivity index (χ4n) is 1.67. The molecular formula is C13H15N. The molecule has 0 radical (unpaired) electrons. The van der Waals surface area contributed by atoms with Crippen molar-refractivity contribution in [3.8, 4) is 0 Å². The average molecular weight is 185 g/mol. The molecule has 0 aliphatic rings. The summed E-state index contributed by atoms with van der Waals surface area (Å²) in [7, 11) is 0. The summed E-state index contributed by atoms with van der Waals surface area (Å²) in [5.41, 5.74) is 8.33. The highest BCUT2D eigenvalue weighted by molar-refractivity contribution is 5.83. The van der Waals surface area contributed by atoms with E-state index in [0.717, 1.165) is 0 Å². The van der Waals surface area contributed by atoms with Crippen molar-refractivity contribution >= 4 is 10.8 Å². The number of rotatable bonds is 1. The van der Waals surface area contributed by atoms with Gasteiger partial charge in [0, 0.05) is 6.04 Å². The molecule has 0 spiro atoms. The lowest BCUT2D eigenvalue weighted by Crippen LogP contribution is -2.04. The van der Waals surface area contributed by atoms with E-state index in [0.29, 0.717) is 0 Å². The molecule has 0 aromatic heterocycles. The molecule has 2 N–H and O–H groups in total. The van der Waals surface area contributed by atoms with E-state index in [1.54, 1.807) is 0 Å². The monoisotopic (exact) mass is 185 g/mol. The minimum absolute atomic E-state index is 0.112. The second kappa shape index (κ2) is 3.43. The molecule has 0 amide bonds. The third kappa shape index (κ3) is 1.64.